The molecule has 0 atom stereocenters. The van der Waals surface area contributed by atoms with Crippen molar-refractivity contribution in [2.75, 3.05) is 39.9 Å². The van der Waals surface area contributed by atoms with Crippen molar-refractivity contribution < 1.29 is 9.53 Å². The molecule has 1 amide bonds. The first kappa shape index (κ1) is 14.2. The Morgan fingerprint density at radius 1 is 1.53 bits per heavy atom. The molecule has 0 spiro atoms. The van der Waals surface area contributed by atoms with E-state index < -0.39 is 0 Å². The lowest BCUT2D eigenvalue weighted by atomic mass is 10.1. The Morgan fingerprint density at radius 2 is 2.18 bits per heavy atom. The zero-order chi connectivity index (χ0) is 12.8. The van der Waals surface area contributed by atoms with Crippen LogP contribution in [-0.2, 0) is 9.53 Å². The molecule has 1 rings (SSSR count). The maximum Gasteiger partial charge on any atom is 0.247 e. The van der Waals surface area contributed by atoms with Crippen LogP contribution in [0.3, 0.4) is 0 Å². The molecule has 1 fully saturated rings. The first-order chi connectivity index (χ1) is 7.99. The summed E-state index contributed by atoms with van der Waals surface area (Å²) in [6.45, 7) is 12.0. The van der Waals surface area contributed by atoms with Gasteiger partial charge in [-0.05, 0) is 13.0 Å². The summed E-state index contributed by atoms with van der Waals surface area (Å²) in [6, 6.07) is 0. The number of amides is 1. The van der Waals surface area contributed by atoms with Crippen LogP contribution < -0.4 is 5.32 Å². The highest BCUT2D eigenvalue weighted by molar-refractivity contribution is 5.93. The molecule has 1 aliphatic rings. The van der Waals surface area contributed by atoms with Crippen molar-refractivity contribution in [3.05, 3.63) is 12.2 Å². The molecule has 0 aromatic rings. The van der Waals surface area contributed by atoms with Gasteiger partial charge in [0, 0.05) is 31.1 Å². The summed E-state index contributed by atoms with van der Waals surface area (Å²) in [4.78, 5) is 13.8. The van der Waals surface area contributed by atoms with Gasteiger partial charge in [-0.1, -0.05) is 20.4 Å². The average molecular weight is 240 g/mol. The van der Waals surface area contributed by atoms with Gasteiger partial charge in [0.05, 0.1) is 13.2 Å². The van der Waals surface area contributed by atoms with Crippen LogP contribution in [0.1, 0.15) is 13.8 Å². The SMILES string of the molecule is C=C(CN(C)CC1COC1)C(=O)NCC(C)C. The summed E-state index contributed by atoms with van der Waals surface area (Å²) < 4.78 is 5.12. The molecule has 17 heavy (non-hydrogen) atoms. The van der Waals surface area contributed by atoms with Crippen molar-refractivity contribution in [1.82, 2.24) is 10.2 Å². The molecule has 1 heterocycles. The molecule has 0 unspecified atom stereocenters. The van der Waals surface area contributed by atoms with E-state index in [4.69, 9.17) is 4.74 Å². The Morgan fingerprint density at radius 3 is 2.65 bits per heavy atom. The Bertz CT molecular complexity index is 273. The van der Waals surface area contributed by atoms with E-state index in [2.05, 4.69) is 30.6 Å². The minimum absolute atomic E-state index is 0.0320. The molecule has 4 nitrogen and oxygen atoms in total. The van der Waals surface area contributed by atoms with Crippen molar-refractivity contribution in [2.24, 2.45) is 11.8 Å². The van der Waals surface area contributed by atoms with Crippen LogP contribution in [0.15, 0.2) is 12.2 Å². The second-order valence-corrected chi connectivity index (χ2v) is 5.31. The highest BCUT2D eigenvalue weighted by Crippen LogP contribution is 2.11. The zero-order valence-corrected chi connectivity index (χ0v) is 11.2. The van der Waals surface area contributed by atoms with Gasteiger partial charge in [-0.3, -0.25) is 4.79 Å². The maximum absolute atomic E-state index is 11.7. The number of nitrogens with zero attached hydrogens (tertiary/aromatic N) is 1. The monoisotopic (exact) mass is 240 g/mol. The van der Waals surface area contributed by atoms with Gasteiger partial charge in [0.15, 0.2) is 0 Å². The summed E-state index contributed by atoms with van der Waals surface area (Å²) in [6.07, 6.45) is 0. The summed E-state index contributed by atoms with van der Waals surface area (Å²) in [5.74, 6) is 1.05. The van der Waals surface area contributed by atoms with Crippen LogP contribution in [-0.4, -0.2) is 50.7 Å². The third kappa shape index (κ3) is 5.33. The van der Waals surface area contributed by atoms with Crippen molar-refractivity contribution in [3.63, 3.8) is 0 Å². The van der Waals surface area contributed by atoms with Crippen molar-refractivity contribution >= 4 is 5.91 Å². The fourth-order valence-corrected chi connectivity index (χ4v) is 1.71. The van der Waals surface area contributed by atoms with Crippen LogP contribution in [0.25, 0.3) is 0 Å². The predicted octanol–water partition coefficient (Wildman–Crippen LogP) is 0.893. The maximum atomic E-state index is 11.7. The summed E-state index contributed by atoms with van der Waals surface area (Å²) in [5, 5.41) is 2.88. The number of hydrogen-bond donors (Lipinski definition) is 1. The van der Waals surface area contributed by atoms with Gasteiger partial charge in [-0.15, -0.1) is 0 Å². The van der Waals surface area contributed by atoms with Gasteiger partial charge in [0.25, 0.3) is 0 Å². The van der Waals surface area contributed by atoms with E-state index in [-0.39, 0.29) is 5.91 Å². The fourth-order valence-electron chi connectivity index (χ4n) is 1.71. The molecule has 0 saturated carbocycles. The first-order valence-electron chi connectivity index (χ1n) is 6.21. The van der Waals surface area contributed by atoms with E-state index in [0.29, 0.717) is 30.5 Å². The smallest absolute Gasteiger partial charge is 0.247 e. The summed E-state index contributed by atoms with van der Waals surface area (Å²) in [7, 11) is 2.01. The Hall–Kier alpha value is -0.870. The van der Waals surface area contributed by atoms with E-state index in [0.717, 1.165) is 19.8 Å². The number of likely N-dealkylation sites (N-methyl/N-ethyl adjacent to an activating group) is 1. The summed E-state index contributed by atoms with van der Waals surface area (Å²) in [5.41, 5.74) is 0.633. The van der Waals surface area contributed by atoms with Gasteiger partial charge in [0.1, 0.15) is 0 Å². The molecule has 1 N–H and O–H groups in total. The lowest BCUT2D eigenvalue weighted by Crippen LogP contribution is -2.40. The quantitative estimate of drug-likeness (QED) is 0.672. The minimum Gasteiger partial charge on any atom is -0.381 e. The van der Waals surface area contributed by atoms with Crippen molar-refractivity contribution in [2.45, 2.75) is 13.8 Å². The normalized spacial score (nSPS) is 16.1. The topological polar surface area (TPSA) is 41.6 Å². The van der Waals surface area contributed by atoms with Gasteiger partial charge in [-0.25, -0.2) is 0 Å². The third-order valence-electron chi connectivity index (χ3n) is 2.73. The Kier molecular flexibility index (Phi) is 5.65. The highest BCUT2D eigenvalue weighted by Gasteiger charge is 2.20. The standard InChI is InChI=1S/C13H24N2O2/c1-10(2)5-14-13(16)11(3)6-15(4)7-12-8-17-9-12/h10,12H,3,5-9H2,1-2,4H3,(H,14,16). The number of carbonyl (C=O) groups is 1. The molecule has 0 bridgehead atoms. The lowest BCUT2D eigenvalue weighted by molar-refractivity contribution is -0.117. The molecule has 0 radical (unpaired) electrons. The molecular formula is C13H24N2O2. The second-order valence-electron chi connectivity index (χ2n) is 5.31. The summed E-state index contributed by atoms with van der Waals surface area (Å²) >= 11 is 0. The van der Waals surface area contributed by atoms with Crippen molar-refractivity contribution in [1.29, 1.82) is 0 Å². The van der Waals surface area contributed by atoms with E-state index in [1.807, 2.05) is 7.05 Å². The van der Waals surface area contributed by atoms with E-state index >= 15 is 0 Å². The van der Waals surface area contributed by atoms with Crippen LogP contribution in [0.4, 0.5) is 0 Å². The van der Waals surface area contributed by atoms with Crippen LogP contribution in [0.2, 0.25) is 0 Å². The fraction of sp³-hybridized carbons (Fsp3) is 0.769. The van der Waals surface area contributed by atoms with Gasteiger partial charge in [0.2, 0.25) is 5.91 Å². The van der Waals surface area contributed by atoms with Crippen LogP contribution in [0.5, 0.6) is 0 Å². The third-order valence-corrected chi connectivity index (χ3v) is 2.73. The Balaban J connectivity index is 2.19. The number of nitrogens with one attached hydrogen (secondary N) is 1. The minimum atomic E-state index is -0.0320. The van der Waals surface area contributed by atoms with E-state index in [9.17, 15) is 4.79 Å². The van der Waals surface area contributed by atoms with Crippen molar-refractivity contribution in [3.8, 4) is 0 Å². The second kappa shape index (κ2) is 6.77. The zero-order valence-electron chi connectivity index (χ0n) is 11.2. The first-order valence-corrected chi connectivity index (χ1v) is 6.21. The van der Waals surface area contributed by atoms with Gasteiger partial charge in [-0.2, -0.15) is 0 Å². The molecular weight excluding hydrogens is 216 g/mol. The molecule has 1 saturated heterocycles. The average Bonchev–Trinajstić information content (AvgIpc) is 2.19. The molecule has 0 aliphatic carbocycles. The molecule has 0 aromatic heterocycles. The van der Waals surface area contributed by atoms with Crippen LogP contribution >= 0.6 is 0 Å². The number of ether oxygens (including phenoxy) is 1. The largest absolute Gasteiger partial charge is 0.381 e. The molecule has 0 aromatic carbocycles. The molecule has 98 valence electrons. The van der Waals surface area contributed by atoms with E-state index in [1.165, 1.54) is 0 Å². The number of carbonyl (C=O) groups excluding carboxylic acids is 1. The highest BCUT2D eigenvalue weighted by atomic mass is 16.5. The van der Waals surface area contributed by atoms with Gasteiger partial charge >= 0.3 is 0 Å². The van der Waals surface area contributed by atoms with E-state index in [1.54, 1.807) is 0 Å². The Labute approximate surface area is 104 Å². The number of rotatable bonds is 7. The number of hydrogen-bond acceptors (Lipinski definition) is 3. The van der Waals surface area contributed by atoms with Gasteiger partial charge < -0.3 is 15.0 Å². The van der Waals surface area contributed by atoms with Crippen LogP contribution in [0, 0.1) is 11.8 Å². The molecule has 4 heteroatoms. The predicted molar refractivity (Wildman–Crippen MR) is 68.8 cm³/mol. The molecule has 1 aliphatic heterocycles. The lowest BCUT2D eigenvalue weighted by Gasteiger charge is -2.30.